The molecule has 2 rings (SSSR count). The van der Waals surface area contributed by atoms with Gasteiger partial charge in [0.1, 0.15) is 18.2 Å². The van der Waals surface area contributed by atoms with Crippen LogP contribution in [0.15, 0.2) is 34.8 Å². The third kappa shape index (κ3) is 3.39. The van der Waals surface area contributed by atoms with Gasteiger partial charge in [-0.1, -0.05) is 0 Å². The van der Waals surface area contributed by atoms with Gasteiger partial charge in [0.05, 0.1) is 15.6 Å². The van der Waals surface area contributed by atoms with E-state index in [1.807, 2.05) is 0 Å². The molecule has 21 heavy (non-hydrogen) atoms. The normalized spacial score (nSPS) is 10.5. The molecule has 2 aromatic rings. The van der Waals surface area contributed by atoms with Gasteiger partial charge in [-0.3, -0.25) is 0 Å². The highest BCUT2D eigenvalue weighted by Gasteiger charge is 2.15. The van der Waals surface area contributed by atoms with Crippen LogP contribution < -0.4 is 5.73 Å². The Morgan fingerprint density at radius 3 is 2.67 bits per heavy atom. The van der Waals surface area contributed by atoms with Gasteiger partial charge >= 0.3 is 5.97 Å². The molecule has 0 aliphatic carbocycles. The van der Waals surface area contributed by atoms with E-state index < -0.39 is 24.2 Å². The molecule has 0 amide bonds. The standard InChI is InChI=1S/C15H12BrF2NO2/c1-8-6-9(2-5-13(8)19)15(20)21-7-10-12(17)4-3-11(16)14(10)18/h2-6H,7,19H2,1H3. The average molecular weight is 356 g/mol. The summed E-state index contributed by atoms with van der Waals surface area (Å²) in [6, 6.07) is 6.98. The smallest absolute Gasteiger partial charge is 0.338 e. The van der Waals surface area contributed by atoms with Crippen LogP contribution in [0.4, 0.5) is 14.5 Å². The van der Waals surface area contributed by atoms with Crippen molar-refractivity contribution in [2.24, 2.45) is 0 Å². The van der Waals surface area contributed by atoms with Crippen molar-refractivity contribution in [3.05, 3.63) is 63.1 Å². The van der Waals surface area contributed by atoms with Gasteiger partial charge in [0, 0.05) is 5.69 Å². The molecule has 0 aliphatic rings. The van der Waals surface area contributed by atoms with Gasteiger partial charge in [0.15, 0.2) is 0 Å². The number of hydrogen-bond acceptors (Lipinski definition) is 3. The van der Waals surface area contributed by atoms with E-state index in [1.54, 1.807) is 19.1 Å². The van der Waals surface area contributed by atoms with Crippen molar-refractivity contribution in [3.8, 4) is 0 Å². The minimum Gasteiger partial charge on any atom is -0.457 e. The number of halogens is 3. The summed E-state index contributed by atoms with van der Waals surface area (Å²) < 4.78 is 32.3. The Bertz CT molecular complexity index is 704. The number of aryl methyl sites for hydroxylation is 1. The number of benzene rings is 2. The van der Waals surface area contributed by atoms with E-state index in [-0.39, 0.29) is 15.6 Å². The number of rotatable bonds is 3. The van der Waals surface area contributed by atoms with Crippen LogP contribution in [0.3, 0.4) is 0 Å². The summed E-state index contributed by atoms with van der Waals surface area (Å²) >= 11 is 2.95. The molecule has 0 unspecified atom stereocenters. The van der Waals surface area contributed by atoms with Crippen molar-refractivity contribution >= 4 is 27.6 Å². The second kappa shape index (κ2) is 6.22. The molecule has 0 saturated carbocycles. The van der Waals surface area contributed by atoms with Crippen LogP contribution in [0.2, 0.25) is 0 Å². The van der Waals surface area contributed by atoms with Crippen molar-refractivity contribution in [3.63, 3.8) is 0 Å². The maximum Gasteiger partial charge on any atom is 0.338 e. The SMILES string of the molecule is Cc1cc(C(=O)OCc2c(F)ccc(Br)c2F)ccc1N. The first-order chi connectivity index (χ1) is 9.90. The molecule has 0 aromatic heterocycles. The molecule has 0 aliphatic heterocycles. The fourth-order valence-corrected chi connectivity index (χ4v) is 2.10. The third-order valence-electron chi connectivity index (χ3n) is 2.99. The highest BCUT2D eigenvalue weighted by molar-refractivity contribution is 9.10. The van der Waals surface area contributed by atoms with Gasteiger partial charge < -0.3 is 10.5 Å². The van der Waals surface area contributed by atoms with E-state index in [0.29, 0.717) is 5.69 Å². The van der Waals surface area contributed by atoms with Gasteiger partial charge in [0.2, 0.25) is 0 Å². The molecular weight excluding hydrogens is 344 g/mol. The molecule has 2 aromatic carbocycles. The van der Waals surface area contributed by atoms with E-state index >= 15 is 0 Å². The zero-order valence-electron chi connectivity index (χ0n) is 11.1. The molecule has 0 bridgehead atoms. The molecular formula is C15H12BrF2NO2. The minimum absolute atomic E-state index is 0.110. The molecule has 0 fully saturated rings. The van der Waals surface area contributed by atoms with E-state index in [1.165, 1.54) is 12.1 Å². The summed E-state index contributed by atoms with van der Waals surface area (Å²) in [6.07, 6.45) is 0. The van der Waals surface area contributed by atoms with Crippen molar-refractivity contribution in [2.45, 2.75) is 13.5 Å². The molecule has 0 spiro atoms. The molecule has 3 nitrogen and oxygen atoms in total. The molecule has 110 valence electrons. The first-order valence-electron chi connectivity index (χ1n) is 6.05. The molecule has 6 heteroatoms. The summed E-state index contributed by atoms with van der Waals surface area (Å²) in [4.78, 5) is 11.9. The molecule has 0 radical (unpaired) electrons. The molecule has 0 heterocycles. The Labute approximate surface area is 128 Å². The number of carbonyl (C=O) groups is 1. The maximum atomic E-state index is 13.7. The van der Waals surface area contributed by atoms with Crippen LogP contribution in [0.25, 0.3) is 0 Å². The van der Waals surface area contributed by atoms with Gasteiger partial charge in [0.25, 0.3) is 0 Å². The second-order valence-corrected chi connectivity index (χ2v) is 5.32. The van der Waals surface area contributed by atoms with Crippen molar-refractivity contribution in [1.82, 2.24) is 0 Å². The predicted molar refractivity (Wildman–Crippen MR) is 78.8 cm³/mol. The number of hydrogen-bond donors (Lipinski definition) is 1. The average Bonchev–Trinajstić information content (AvgIpc) is 2.45. The van der Waals surface area contributed by atoms with Crippen LogP contribution >= 0.6 is 15.9 Å². The highest BCUT2D eigenvalue weighted by Crippen LogP contribution is 2.22. The summed E-state index contributed by atoms with van der Waals surface area (Å²) in [5.41, 5.74) is 6.91. The van der Waals surface area contributed by atoms with E-state index in [0.717, 1.165) is 11.6 Å². The van der Waals surface area contributed by atoms with Crippen LogP contribution in [-0.2, 0) is 11.3 Å². The molecule has 0 saturated heterocycles. The monoisotopic (exact) mass is 355 g/mol. The predicted octanol–water partition coefficient (Wildman–Crippen LogP) is 3.97. The lowest BCUT2D eigenvalue weighted by atomic mass is 10.1. The maximum absolute atomic E-state index is 13.7. The minimum atomic E-state index is -0.781. The summed E-state index contributed by atoms with van der Waals surface area (Å²) in [5, 5.41) is 0. The molecule has 2 N–H and O–H groups in total. The Kier molecular flexibility index (Phi) is 4.57. The Hall–Kier alpha value is -1.95. The first kappa shape index (κ1) is 15.4. The summed E-state index contributed by atoms with van der Waals surface area (Å²) in [7, 11) is 0. The van der Waals surface area contributed by atoms with Crippen LogP contribution in [0.1, 0.15) is 21.5 Å². The van der Waals surface area contributed by atoms with Gasteiger partial charge in [-0.25, -0.2) is 13.6 Å². The van der Waals surface area contributed by atoms with Crippen molar-refractivity contribution in [2.75, 3.05) is 5.73 Å². The number of ether oxygens (including phenoxy) is 1. The second-order valence-electron chi connectivity index (χ2n) is 4.47. The number of nitrogen functional groups attached to an aromatic ring is 1. The lowest BCUT2D eigenvalue weighted by Crippen LogP contribution is -2.08. The van der Waals surface area contributed by atoms with E-state index in [9.17, 15) is 13.6 Å². The van der Waals surface area contributed by atoms with E-state index in [4.69, 9.17) is 10.5 Å². The fraction of sp³-hybridized carbons (Fsp3) is 0.133. The summed E-state index contributed by atoms with van der Waals surface area (Å²) in [6.45, 7) is 1.26. The topological polar surface area (TPSA) is 52.3 Å². The molecule has 0 atom stereocenters. The summed E-state index contributed by atoms with van der Waals surface area (Å²) in [5.74, 6) is -2.22. The quantitative estimate of drug-likeness (QED) is 0.514. The largest absolute Gasteiger partial charge is 0.457 e. The Morgan fingerprint density at radius 1 is 1.29 bits per heavy atom. The van der Waals surface area contributed by atoms with Crippen LogP contribution in [-0.4, -0.2) is 5.97 Å². The third-order valence-corrected chi connectivity index (χ3v) is 3.60. The zero-order chi connectivity index (χ0) is 15.6. The van der Waals surface area contributed by atoms with Gasteiger partial charge in [-0.2, -0.15) is 0 Å². The van der Waals surface area contributed by atoms with Gasteiger partial charge in [-0.05, 0) is 58.7 Å². The highest BCUT2D eigenvalue weighted by atomic mass is 79.9. The Morgan fingerprint density at radius 2 is 2.00 bits per heavy atom. The number of anilines is 1. The first-order valence-corrected chi connectivity index (χ1v) is 6.85. The van der Waals surface area contributed by atoms with Crippen LogP contribution in [0.5, 0.6) is 0 Å². The lowest BCUT2D eigenvalue weighted by Gasteiger charge is -2.09. The van der Waals surface area contributed by atoms with Gasteiger partial charge in [-0.15, -0.1) is 0 Å². The lowest BCUT2D eigenvalue weighted by molar-refractivity contribution is 0.0464. The number of esters is 1. The number of carbonyl (C=O) groups excluding carboxylic acids is 1. The van der Waals surface area contributed by atoms with Crippen molar-refractivity contribution < 1.29 is 18.3 Å². The fourth-order valence-electron chi connectivity index (χ4n) is 1.73. The van der Waals surface area contributed by atoms with Crippen molar-refractivity contribution in [1.29, 1.82) is 0 Å². The number of nitrogens with two attached hydrogens (primary N) is 1. The van der Waals surface area contributed by atoms with E-state index in [2.05, 4.69) is 15.9 Å². The van der Waals surface area contributed by atoms with Crippen LogP contribution in [0, 0.1) is 18.6 Å². The Balaban J connectivity index is 2.15. The zero-order valence-corrected chi connectivity index (χ0v) is 12.7.